The highest BCUT2D eigenvalue weighted by Crippen LogP contribution is 2.48. The Hall–Kier alpha value is -2.04. The lowest BCUT2D eigenvalue weighted by Gasteiger charge is -2.12. The fourth-order valence-electron chi connectivity index (χ4n) is 2.07. The van der Waals surface area contributed by atoms with Gasteiger partial charge in [0, 0.05) is 25.7 Å². The summed E-state index contributed by atoms with van der Waals surface area (Å²) in [5.74, 6) is -0.167. The number of amides is 1. The summed E-state index contributed by atoms with van der Waals surface area (Å²) in [6.45, 7) is 0. The van der Waals surface area contributed by atoms with Crippen LogP contribution in [0.1, 0.15) is 17.9 Å². The van der Waals surface area contributed by atoms with Gasteiger partial charge in [-0.05, 0) is 30.0 Å². The molecular weight excluding hydrogens is 228 g/mol. The molecule has 1 aliphatic carbocycles. The SMILES string of the molecule is CN(C)c1ccc(C2CC2C(=O)N=C(N)N)cc1. The summed E-state index contributed by atoms with van der Waals surface area (Å²) >= 11 is 0. The highest BCUT2D eigenvalue weighted by molar-refractivity contribution is 5.94. The molecule has 0 saturated heterocycles. The van der Waals surface area contributed by atoms with Crippen LogP contribution < -0.4 is 16.4 Å². The van der Waals surface area contributed by atoms with E-state index in [9.17, 15) is 4.79 Å². The second-order valence-electron chi connectivity index (χ2n) is 4.81. The van der Waals surface area contributed by atoms with Crippen LogP contribution in [0.3, 0.4) is 0 Å². The molecule has 4 N–H and O–H groups in total. The maximum atomic E-state index is 11.6. The smallest absolute Gasteiger partial charge is 0.252 e. The van der Waals surface area contributed by atoms with Crippen molar-refractivity contribution >= 4 is 17.6 Å². The minimum Gasteiger partial charge on any atom is -0.378 e. The quantitative estimate of drug-likeness (QED) is 0.606. The third-order valence-electron chi connectivity index (χ3n) is 3.18. The van der Waals surface area contributed by atoms with E-state index in [1.165, 1.54) is 5.56 Å². The number of hydrogen-bond donors (Lipinski definition) is 2. The molecule has 1 aliphatic rings. The largest absolute Gasteiger partial charge is 0.378 e. The Morgan fingerprint density at radius 1 is 1.28 bits per heavy atom. The summed E-state index contributed by atoms with van der Waals surface area (Å²) in [6.07, 6.45) is 0.830. The summed E-state index contributed by atoms with van der Waals surface area (Å²) in [6, 6.07) is 8.22. The molecule has 96 valence electrons. The molecule has 1 aromatic rings. The van der Waals surface area contributed by atoms with Crippen molar-refractivity contribution in [1.82, 2.24) is 0 Å². The zero-order valence-electron chi connectivity index (χ0n) is 10.6. The molecule has 0 spiro atoms. The Bertz CT molecular complexity index is 474. The zero-order valence-corrected chi connectivity index (χ0v) is 10.6. The molecular formula is C13H18N4O. The number of aliphatic imine (C=N–C) groups is 1. The van der Waals surface area contributed by atoms with E-state index < -0.39 is 0 Å². The molecule has 1 saturated carbocycles. The standard InChI is InChI=1S/C13H18N4O/c1-17(2)9-5-3-8(4-6-9)10-7-11(10)12(18)16-13(14)15/h3-6,10-11H,7H2,1-2H3,(H4,14,15,16,18). The average Bonchev–Trinajstić information content (AvgIpc) is 3.08. The molecule has 1 fully saturated rings. The summed E-state index contributed by atoms with van der Waals surface area (Å²) in [7, 11) is 3.99. The minimum atomic E-state index is -0.211. The van der Waals surface area contributed by atoms with Gasteiger partial charge in [0.25, 0.3) is 5.91 Å². The van der Waals surface area contributed by atoms with E-state index in [1.807, 2.05) is 19.0 Å². The normalized spacial score (nSPS) is 21.2. The van der Waals surface area contributed by atoms with Gasteiger partial charge >= 0.3 is 0 Å². The van der Waals surface area contributed by atoms with Gasteiger partial charge in [0.1, 0.15) is 0 Å². The molecule has 5 nitrogen and oxygen atoms in total. The summed E-state index contributed by atoms with van der Waals surface area (Å²) in [5, 5.41) is 0. The van der Waals surface area contributed by atoms with Crippen LogP contribution in [0.2, 0.25) is 0 Å². The first kappa shape index (κ1) is 12.4. The number of nitrogens with zero attached hydrogens (tertiary/aromatic N) is 2. The first-order valence-electron chi connectivity index (χ1n) is 5.90. The van der Waals surface area contributed by atoms with Crippen molar-refractivity contribution < 1.29 is 4.79 Å². The lowest BCUT2D eigenvalue weighted by Crippen LogP contribution is -2.24. The van der Waals surface area contributed by atoms with Crippen LogP contribution in [-0.2, 0) is 4.79 Å². The molecule has 18 heavy (non-hydrogen) atoms. The predicted molar refractivity (Wildman–Crippen MR) is 72.4 cm³/mol. The van der Waals surface area contributed by atoms with Gasteiger partial charge in [-0.3, -0.25) is 4.79 Å². The van der Waals surface area contributed by atoms with E-state index in [4.69, 9.17) is 11.5 Å². The van der Waals surface area contributed by atoms with Crippen molar-refractivity contribution in [2.75, 3.05) is 19.0 Å². The predicted octanol–water partition coefficient (Wildman–Crippen LogP) is 0.656. The van der Waals surface area contributed by atoms with Crippen LogP contribution in [0, 0.1) is 5.92 Å². The van der Waals surface area contributed by atoms with E-state index in [0.29, 0.717) is 0 Å². The Labute approximate surface area is 106 Å². The van der Waals surface area contributed by atoms with Crippen LogP contribution in [0.5, 0.6) is 0 Å². The van der Waals surface area contributed by atoms with Gasteiger partial charge in [0.05, 0.1) is 0 Å². The van der Waals surface area contributed by atoms with Crippen molar-refractivity contribution in [2.24, 2.45) is 22.4 Å². The molecule has 0 radical (unpaired) electrons. The average molecular weight is 246 g/mol. The van der Waals surface area contributed by atoms with Crippen molar-refractivity contribution in [3.8, 4) is 0 Å². The monoisotopic (exact) mass is 246 g/mol. The van der Waals surface area contributed by atoms with Crippen molar-refractivity contribution in [1.29, 1.82) is 0 Å². The number of rotatable bonds is 3. The number of hydrogen-bond acceptors (Lipinski definition) is 2. The van der Waals surface area contributed by atoms with E-state index in [0.717, 1.165) is 12.1 Å². The second kappa shape index (κ2) is 4.68. The molecule has 2 rings (SSSR count). The number of carbonyl (C=O) groups excluding carboxylic acids is 1. The van der Waals surface area contributed by atoms with E-state index >= 15 is 0 Å². The van der Waals surface area contributed by atoms with Gasteiger partial charge in [-0.15, -0.1) is 0 Å². The third-order valence-corrected chi connectivity index (χ3v) is 3.18. The van der Waals surface area contributed by atoms with Gasteiger partial charge < -0.3 is 16.4 Å². The van der Waals surface area contributed by atoms with Gasteiger partial charge in [0.15, 0.2) is 5.96 Å². The molecule has 2 atom stereocenters. The number of anilines is 1. The Morgan fingerprint density at radius 2 is 1.89 bits per heavy atom. The third kappa shape index (κ3) is 2.61. The van der Waals surface area contributed by atoms with Crippen molar-refractivity contribution in [3.05, 3.63) is 29.8 Å². The maximum absolute atomic E-state index is 11.6. The summed E-state index contributed by atoms with van der Waals surface area (Å²) < 4.78 is 0. The van der Waals surface area contributed by atoms with Gasteiger partial charge in [-0.2, -0.15) is 4.99 Å². The molecule has 0 aliphatic heterocycles. The van der Waals surface area contributed by atoms with E-state index in [-0.39, 0.29) is 23.7 Å². The van der Waals surface area contributed by atoms with Gasteiger partial charge in [0.2, 0.25) is 0 Å². The van der Waals surface area contributed by atoms with Gasteiger partial charge in [-0.1, -0.05) is 12.1 Å². The van der Waals surface area contributed by atoms with Crippen LogP contribution in [0.4, 0.5) is 5.69 Å². The second-order valence-corrected chi connectivity index (χ2v) is 4.81. The minimum absolute atomic E-state index is 0.0580. The van der Waals surface area contributed by atoms with Crippen molar-refractivity contribution in [2.45, 2.75) is 12.3 Å². The van der Waals surface area contributed by atoms with Crippen LogP contribution >= 0.6 is 0 Å². The molecule has 1 amide bonds. The molecule has 1 aromatic carbocycles. The number of guanidine groups is 1. The highest BCUT2D eigenvalue weighted by atomic mass is 16.1. The zero-order chi connectivity index (χ0) is 13.3. The maximum Gasteiger partial charge on any atom is 0.252 e. The van der Waals surface area contributed by atoms with Crippen LogP contribution in [0.15, 0.2) is 29.3 Å². The Kier molecular flexibility index (Phi) is 3.23. The first-order valence-corrected chi connectivity index (χ1v) is 5.90. The lowest BCUT2D eigenvalue weighted by molar-refractivity contribution is -0.119. The summed E-state index contributed by atoms with van der Waals surface area (Å²) in [4.78, 5) is 17.2. The van der Waals surface area contributed by atoms with Crippen molar-refractivity contribution in [3.63, 3.8) is 0 Å². The topological polar surface area (TPSA) is 84.7 Å². The number of nitrogens with two attached hydrogens (primary N) is 2. The Balaban J connectivity index is 2.03. The Morgan fingerprint density at radius 3 is 2.39 bits per heavy atom. The molecule has 5 heteroatoms. The van der Waals surface area contributed by atoms with Gasteiger partial charge in [-0.25, -0.2) is 0 Å². The first-order chi connectivity index (χ1) is 8.49. The lowest BCUT2D eigenvalue weighted by atomic mass is 10.1. The fourth-order valence-corrected chi connectivity index (χ4v) is 2.07. The molecule has 0 bridgehead atoms. The summed E-state index contributed by atoms with van der Waals surface area (Å²) in [5.41, 5.74) is 12.7. The molecule has 2 unspecified atom stereocenters. The molecule has 0 aromatic heterocycles. The molecule has 0 heterocycles. The highest BCUT2D eigenvalue weighted by Gasteiger charge is 2.43. The van der Waals surface area contributed by atoms with E-state index in [2.05, 4.69) is 29.3 Å². The van der Waals surface area contributed by atoms with E-state index in [1.54, 1.807) is 0 Å². The number of carbonyl (C=O) groups is 1. The van der Waals surface area contributed by atoms with Crippen LogP contribution in [0.25, 0.3) is 0 Å². The van der Waals surface area contributed by atoms with Crippen LogP contribution in [-0.4, -0.2) is 26.0 Å². The number of benzene rings is 1. The fraction of sp³-hybridized carbons (Fsp3) is 0.385.